The molecule has 0 saturated carbocycles. The third-order valence-corrected chi connectivity index (χ3v) is 6.17. The maximum atomic E-state index is 12.8. The van der Waals surface area contributed by atoms with Crippen LogP contribution in [-0.4, -0.2) is 46.9 Å². The monoisotopic (exact) mass is 416 g/mol. The van der Waals surface area contributed by atoms with Crippen molar-refractivity contribution in [3.63, 3.8) is 0 Å². The van der Waals surface area contributed by atoms with Gasteiger partial charge in [-0.05, 0) is 30.7 Å². The molecule has 0 aliphatic carbocycles. The number of nitro groups is 1. The molecule has 7 nitrogen and oxygen atoms in total. The Bertz CT molecular complexity index is 1080. The number of piperazine rings is 1. The number of non-ortho nitro benzene ring substituents is 1. The molecule has 0 N–H and O–H groups in total. The van der Waals surface area contributed by atoms with Crippen LogP contribution in [0.2, 0.25) is 5.02 Å². The summed E-state index contributed by atoms with van der Waals surface area (Å²) in [5.41, 5.74) is 2.20. The number of carbonyl (C=O) groups is 1. The van der Waals surface area contributed by atoms with Gasteiger partial charge >= 0.3 is 0 Å². The number of aryl methyl sites for hydroxylation is 1. The zero-order chi connectivity index (χ0) is 19.8. The molecular formula is C19H17ClN4O3S. The Balaban J connectivity index is 1.48. The van der Waals surface area contributed by atoms with Crippen LogP contribution in [0.25, 0.3) is 10.2 Å². The third-order valence-electron chi connectivity index (χ3n) is 4.76. The van der Waals surface area contributed by atoms with Gasteiger partial charge in [-0.3, -0.25) is 14.9 Å². The van der Waals surface area contributed by atoms with Crippen molar-refractivity contribution in [1.29, 1.82) is 0 Å². The summed E-state index contributed by atoms with van der Waals surface area (Å²) in [4.78, 5) is 31.8. The SMILES string of the molecule is Cc1ccc2nc(N3CCN(C(=O)c4cc([N+](=O)[O-])ccc4Cl)CC3)sc2c1. The smallest absolute Gasteiger partial charge is 0.270 e. The highest BCUT2D eigenvalue weighted by Gasteiger charge is 2.26. The summed E-state index contributed by atoms with van der Waals surface area (Å²) >= 11 is 7.76. The van der Waals surface area contributed by atoms with Crippen molar-refractivity contribution in [1.82, 2.24) is 9.88 Å². The van der Waals surface area contributed by atoms with Crippen LogP contribution >= 0.6 is 22.9 Å². The fraction of sp³-hybridized carbons (Fsp3) is 0.263. The van der Waals surface area contributed by atoms with Crippen molar-refractivity contribution in [2.75, 3.05) is 31.1 Å². The Labute approximate surface area is 170 Å². The number of nitrogens with zero attached hydrogens (tertiary/aromatic N) is 4. The maximum absolute atomic E-state index is 12.8. The van der Waals surface area contributed by atoms with E-state index in [-0.39, 0.29) is 22.2 Å². The van der Waals surface area contributed by atoms with E-state index in [1.807, 2.05) is 12.1 Å². The molecule has 9 heteroatoms. The van der Waals surface area contributed by atoms with Gasteiger partial charge in [0.15, 0.2) is 5.13 Å². The number of amides is 1. The minimum Gasteiger partial charge on any atom is -0.345 e. The number of hydrogen-bond donors (Lipinski definition) is 0. The van der Waals surface area contributed by atoms with Crippen molar-refractivity contribution in [3.8, 4) is 0 Å². The molecule has 0 spiro atoms. The molecule has 1 amide bonds. The lowest BCUT2D eigenvalue weighted by Crippen LogP contribution is -2.48. The summed E-state index contributed by atoms with van der Waals surface area (Å²) in [6.45, 7) is 4.37. The fourth-order valence-electron chi connectivity index (χ4n) is 3.22. The molecule has 1 aromatic heterocycles. The topological polar surface area (TPSA) is 79.6 Å². The molecule has 1 saturated heterocycles. The molecule has 0 radical (unpaired) electrons. The first kappa shape index (κ1) is 18.6. The van der Waals surface area contributed by atoms with Crippen molar-refractivity contribution in [2.24, 2.45) is 0 Å². The van der Waals surface area contributed by atoms with E-state index in [0.717, 1.165) is 15.3 Å². The lowest BCUT2D eigenvalue weighted by molar-refractivity contribution is -0.384. The Hall–Kier alpha value is -2.71. The number of nitro benzene ring substituents is 1. The number of thiazole rings is 1. The zero-order valence-corrected chi connectivity index (χ0v) is 16.7. The molecule has 2 aromatic carbocycles. The maximum Gasteiger partial charge on any atom is 0.270 e. The van der Waals surface area contributed by atoms with Crippen molar-refractivity contribution in [3.05, 3.63) is 62.7 Å². The number of benzene rings is 2. The molecule has 0 atom stereocenters. The average Bonchev–Trinajstić information content (AvgIpc) is 3.11. The van der Waals surface area contributed by atoms with Crippen LogP contribution in [0.5, 0.6) is 0 Å². The highest BCUT2D eigenvalue weighted by Crippen LogP contribution is 2.30. The molecule has 2 heterocycles. The first-order valence-electron chi connectivity index (χ1n) is 8.78. The highest BCUT2D eigenvalue weighted by atomic mass is 35.5. The highest BCUT2D eigenvalue weighted by molar-refractivity contribution is 7.22. The van der Waals surface area contributed by atoms with Gasteiger partial charge in [-0.2, -0.15) is 0 Å². The molecule has 3 aromatic rings. The van der Waals surface area contributed by atoms with E-state index in [4.69, 9.17) is 16.6 Å². The first-order valence-corrected chi connectivity index (χ1v) is 9.97. The summed E-state index contributed by atoms with van der Waals surface area (Å²) in [6.07, 6.45) is 0. The van der Waals surface area contributed by atoms with Crippen molar-refractivity contribution in [2.45, 2.75) is 6.92 Å². The van der Waals surface area contributed by atoms with Crippen LogP contribution < -0.4 is 4.90 Å². The number of hydrogen-bond acceptors (Lipinski definition) is 6. The second-order valence-electron chi connectivity index (χ2n) is 6.67. The van der Waals surface area contributed by atoms with E-state index in [1.54, 1.807) is 16.2 Å². The molecule has 4 rings (SSSR count). The summed E-state index contributed by atoms with van der Waals surface area (Å²) in [7, 11) is 0. The molecule has 144 valence electrons. The minimum absolute atomic E-state index is 0.142. The van der Waals surface area contributed by atoms with E-state index < -0.39 is 4.92 Å². The normalized spacial score (nSPS) is 14.5. The minimum atomic E-state index is -0.528. The Morgan fingerprint density at radius 2 is 1.93 bits per heavy atom. The molecule has 28 heavy (non-hydrogen) atoms. The molecule has 0 bridgehead atoms. The Kier molecular flexibility index (Phi) is 4.91. The number of anilines is 1. The lowest BCUT2D eigenvalue weighted by Gasteiger charge is -2.34. The predicted octanol–water partition coefficient (Wildman–Crippen LogP) is 4.13. The number of rotatable bonds is 3. The van der Waals surface area contributed by atoms with Gasteiger partial charge in [-0.25, -0.2) is 4.98 Å². The summed E-state index contributed by atoms with van der Waals surface area (Å²) in [5, 5.41) is 12.2. The number of carbonyl (C=O) groups excluding carboxylic acids is 1. The van der Waals surface area contributed by atoms with Crippen LogP contribution in [0.4, 0.5) is 10.8 Å². The van der Waals surface area contributed by atoms with Gasteiger partial charge in [0.05, 0.1) is 25.7 Å². The number of halogens is 1. The molecule has 1 aliphatic rings. The van der Waals surface area contributed by atoms with E-state index >= 15 is 0 Å². The van der Waals surface area contributed by atoms with Gasteiger partial charge in [0.2, 0.25) is 0 Å². The van der Waals surface area contributed by atoms with Crippen molar-refractivity contribution < 1.29 is 9.72 Å². The molecule has 1 fully saturated rings. The van der Waals surface area contributed by atoms with Crippen LogP contribution in [0.3, 0.4) is 0 Å². The van der Waals surface area contributed by atoms with E-state index in [1.165, 1.54) is 23.8 Å². The second-order valence-corrected chi connectivity index (χ2v) is 8.08. The molecular weight excluding hydrogens is 400 g/mol. The summed E-state index contributed by atoms with van der Waals surface area (Å²) < 4.78 is 1.15. The molecule has 1 aliphatic heterocycles. The van der Waals surface area contributed by atoms with E-state index in [2.05, 4.69) is 17.9 Å². The van der Waals surface area contributed by atoms with Crippen LogP contribution in [0.15, 0.2) is 36.4 Å². The Morgan fingerprint density at radius 3 is 2.64 bits per heavy atom. The van der Waals surface area contributed by atoms with E-state index in [9.17, 15) is 14.9 Å². The largest absolute Gasteiger partial charge is 0.345 e. The van der Waals surface area contributed by atoms with Crippen LogP contribution in [0, 0.1) is 17.0 Å². The van der Waals surface area contributed by atoms with Gasteiger partial charge in [-0.15, -0.1) is 0 Å². The predicted molar refractivity (Wildman–Crippen MR) is 111 cm³/mol. The Morgan fingerprint density at radius 1 is 1.18 bits per heavy atom. The zero-order valence-electron chi connectivity index (χ0n) is 15.1. The number of aromatic nitrogens is 1. The summed E-state index contributed by atoms with van der Waals surface area (Å²) in [5.74, 6) is -0.284. The van der Waals surface area contributed by atoms with Gasteiger partial charge in [-0.1, -0.05) is 29.0 Å². The first-order chi connectivity index (χ1) is 13.4. The molecule has 0 unspecified atom stereocenters. The average molecular weight is 417 g/mol. The van der Waals surface area contributed by atoms with Gasteiger partial charge in [0.25, 0.3) is 11.6 Å². The van der Waals surface area contributed by atoms with E-state index in [0.29, 0.717) is 26.2 Å². The van der Waals surface area contributed by atoms with Crippen LogP contribution in [-0.2, 0) is 0 Å². The second kappa shape index (κ2) is 7.37. The quantitative estimate of drug-likeness (QED) is 0.473. The van der Waals surface area contributed by atoms with Gasteiger partial charge < -0.3 is 9.80 Å². The summed E-state index contributed by atoms with van der Waals surface area (Å²) in [6, 6.07) is 10.1. The van der Waals surface area contributed by atoms with Gasteiger partial charge in [0.1, 0.15) is 0 Å². The van der Waals surface area contributed by atoms with Crippen LogP contribution in [0.1, 0.15) is 15.9 Å². The lowest BCUT2D eigenvalue weighted by atomic mass is 10.1. The standard InChI is InChI=1S/C19H17ClN4O3S/c1-12-2-5-16-17(10-12)28-19(21-16)23-8-6-22(7-9-23)18(25)14-11-13(24(26)27)3-4-15(14)20/h2-5,10-11H,6-9H2,1H3. The fourth-order valence-corrected chi connectivity index (χ4v) is 4.53. The number of fused-ring (bicyclic) bond motifs is 1. The van der Waals surface area contributed by atoms with Gasteiger partial charge in [0, 0.05) is 38.3 Å². The third kappa shape index (κ3) is 3.53. The van der Waals surface area contributed by atoms with Crippen molar-refractivity contribution >= 4 is 49.9 Å².